The molecule has 1 amide bonds. The van der Waals surface area contributed by atoms with Crippen LogP contribution in [0.25, 0.3) is 5.65 Å². The summed E-state index contributed by atoms with van der Waals surface area (Å²) in [6.07, 6.45) is 2.37. The second kappa shape index (κ2) is 6.71. The lowest BCUT2D eigenvalue weighted by atomic mass is 10.2. The molecule has 0 radical (unpaired) electrons. The van der Waals surface area contributed by atoms with Gasteiger partial charge in [0.1, 0.15) is 5.69 Å². The van der Waals surface area contributed by atoms with Crippen LogP contribution < -0.4 is 10.1 Å². The van der Waals surface area contributed by atoms with Crippen LogP contribution in [0.4, 0.5) is 5.69 Å². The summed E-state index contributed by atoms with van der Waals surface area (Å²) in [7, 11) is 1.57. The number of carbonyl (C=O) groups is 1. The maximum atomic E-state index is 12.8. The third-order valence-corrected chi connectivity index (χ3v) is 4.29. The molecule has 0 fully saturated rings. The van der Waals surface area contributed by atoms with Crippen LogP contribution in [0.15, 0.2) is 36.5 Å². The first-order valence-corrected chi connectivity index (χ1v) is 8.11. The van der Waals surface area contributed by atoms with Gasteiger partial charge >= 0.3 is 0 Å². The van der Waals surface area contributed by atoms with Gasteiger partial charge in [-0.15, -0.1) is 0 Å². The van der Waals surface area contributed by atoms with Crippen molar-refractivity contribution in [1.82, 2.24) is 9.38 Å². The average molecular weight is 364 g/mol. The van der Waals surface area contributed by atoms with Crippen molar-refractivity contribution in [3.8, 4) is 5.75 Å². The highest BCUT2D eigenvalue weighted by Gasteiger charge is 2.21. The highest BCUT2D eigenvalue weighted by Crippen LogP contribution is 2.31. The number of pyridine rings is 1. The minimum Gasteiger partial charge on any atom is -0.493 e. The van der Waals surface area contributed by atoms with Crippen molar-refractivity contribution >= 4 is 40.4 Å². The van der Waals surface area contributed by atoms with Gasteiger partial charge in [0, 0.05) is 6.20 Å². The number of hydrogen-bond acceptors (Lipinski definition) is 3. The molecule has 0 aliphatic carbocycles. The zero-order chi connectivity index (χ0) is 17.3. The van der Waals surface area contributed by atoms with Gasteiger partial charge < -0.3 is 10.1 Å². The fourth-order valence-electron chi connectivity index (χ4n) is 2.53. The Morgan fingerprint density at radius 1 is 1.25 bits per heavy atom. The Bertz CT molecular complexity index is 901. The number of methoxy groups -OCH3 is 1. The summed E-state index contributed by atoms with van der Waals surface area (Å²) in [4.78, 5) is 17.4. The molecule has 0 saturated carbocycles. The van der Waals surface area contributed by atoms with Gasteiger partial charge in [-0.25, -0.2) is 4.98 Å². The first-order valence-electron chi connectivity index (χ1n) is 7.36. The highest BCUT2D eigenvalue weighted by molar-refractivity contribution is 6.40. The van der Waals surface area contributed by atoms with Gasteiger partial charge in [0.25, 0.3) is 5.91 Å². The minimum absolute atomic E-state index is 0.331. The standard InChI is InChI=1S/C17H15Cl2N3O2/c1-3-12-15(22-9-5-8-13(24-2)16(22)20-12)17(23)21-14-10(18)6-4-7-11(14)19/h4-9H,3H2,1-2H3,(H,21,23). The Hall–Kier alpha value is -2.24. The lowest BCUT2D eigenvalue weighted by Crippen LogP contribution is -2.16. The molecule has 24 heavy (non-hydrogen) atoms. The third-order valence-electron chi connectivity index (χ3n) is 3.66. The van der Waals surface area contributed by atoms with E-state index in [1.165, 1.54) is 0 Å². The maximum Gasteiger partial charge on any atom is 0.274 e. The van der Waals surface area contributed by atoms with Gasteiger partial charge in [0.15, 0.2) is 11.4 Å². The van der Waals surface area contributed by atoms with E-state index in [4.69, 9.17) is 27.9 Å². The molecule has 0 atom stereocenters. The normalized spacial score (nSPS) is 10.8. The molecule has 124 valence electrons. The molecule has 2 aromatic heterocycles. The van der Waals surface area contributed by atoms with Gasteiger partial charge in [-0.1, -0.05) is 36.2 Å². The monoisotopic (exact) mass is 363 g/mol. The van der Waals surface area contributed by atoms with E-state index in [0.717, 1.165) is 0 Å². The molecule has 2 heterocycles. The average Bonchev–Trinajstić information content (AvgIpc) is 2.96. The van der Waals surface area contributed by atoms with E-state index in [1.807, 2.05) is 6.92 Å². The molecule has 0 saturated heterocycles. The van der Waals surface area contributed by atoms with Crippen molar-refractivity contribution in [2.75, 3.05) is 12.4 Å². The van der Waals surface area contributed by atoms with E-state index in [2.05, 4.69) is 10.3 Å². The number of aromatic nitrogens is 2. The number of benzene rings is 1. The summed E-state index contributed by atoms with van der Waals surface area (Å²) >= 11 is 12.3. The number of imidazole rings is 1. The van der Waals surface area contributed by atoms with Crippen molar-refractivity contribution in [3.05, 3.63) is 58.0 Å². The van der Waals surface area contributed by atoms with Crippen LogP contribution in [0.1, 0.15) is 23.1 Å². The molecule has 0 bridgehead atoms. The number of fused-ring (bicyclic) bond motifs is 1. The van der Waals surface area contributed by atoms with E-state index >= 15 is 0 Å². The number of amides is 1. The highest BCUT2D eigenvalue weighted by atomic mass is 35.5. The molecule has 0 spiro atoms. The minimum atomic E-state index is -0.331. The van der Waals surface area contributed by atoms with Crippen LogP contribution in [0.5, 0.6) is 5.75 Å². The Labute approximate surface area is 149 Å². The summed E-state index contributed by atoms with van der Waals surface area (Å²) in [5, 5.41) is 3.53. The quantitative estimate of drug-likeness (QED) is 0.744. The molecule has 1 N–H and O–H groups in total. The van der Waals surface area contributed by atoms with E-state index < -0.39 is 0 Å². The van der Waals surface area contributed by atoms with Crippen LogP contribution in [-0.4, -0.2) is 22.4 Å². The van der Waals surface area contributed by atoms with Crippen LogP contribution in [0, 0.1) is 0 Å². The SMILES string of the molecule is CCc1nc2c(OC)cccn2c1C(=O)Nc1c(Cl)cccc1Cl. The fraction of sp³-hybridized carbons (Fsp3) is 0.176. The van der Waals surface area contributed by atoms with Crippen molar-refractivity contribution in [1.29, 1.82) is 0 Å². The number of halogens is 2. The smallest absolute Gasteiger partial charge is 0.274 e. The first kappa shape index (κ1) is 16.6. The lowest BCUT2D eigenvalue weighted by molar-refractivity contribution is 0.102. The predicted octanol–water partition coefficient (Wildman–Crippen LogP) is 4.46. The summed E-state index contributed by atoms with van der Waals surface area (Å²) < 4.78 is 7.03. The van der Waals surface area contributed by atoms with E-state index in [0.29, 0.717) is 44.9 Å². The van der Waals surface area contributed by atoms with E-state index in [9.17, 15) is 4.79 Å². The molecular weight excluding hydrogens is 349 g/mol. The van der Waals surface area contributed by atoms with Crippen LogP contribution in [-0.2, 0) is 6.42 Å². The van der Waals surface area contributed by atoms with Gasteiger partial charge in [0.05, 0.1) is 28.5 Å². The van der Waals surface area contributed by atoms with Crippen LogP contribution in [0.3, 0.4) is 0 Å². The second-order valence-corrected chi connectivity index (χ2v) is 5.90. The fourth-order valence-corrected chi connectivity index (χ4v) is 3.02. The summed E-state index contributed by atoms with van der Waals surface area (Å²) in [6.45, 7) is 1.94. The Kier molecular flexibility index (Phi) is 4.64. The topological polar surface area (TPSA) is 55.6 Å². The van der Waals surface area contributed by atoms with Crippen molar-refractivity contribution in [2.45, 2.75) is 13.3 Å². The molecule has 0 unspecified atom stereocenters. The number of hydrogen-bond donors (Lipinski definition) is 1. The van der Waals surface area contributed by atoms with Gasteiger partial charge in [-0.05, 0) is 30.7 Å². The maximum absolute atomic E-state index is 12.8. The molecule has 3 aromatic rings. The Morgan fingerprint density at radius 2 is 1.96 bits per heavy atom. The summed E-state index contributed by atoms with van der Waals surface area (Å²) in [5.41, 5.74) is 2.07. The summed E-state index contributed by atoms with van der Waals surface area (Å²) in [5.74, 6) is 0.268. The largest absolute Gasteiger partial charge is 0.493 e. The molecule has 0 aliphatic rings. The third kappa shape index (κ3) is 2.81. The molecule has 0 aliphatic heterocycles. The van der Waals surface area contributed by atoms with Crippen LogP contribution >= 0.6 is 23.2 Å². The Balaban J connectivity index is 2.10. The number of carbonyl (C=O) groups excluding carboxylic acids is 1. The Morgan fingerprint density at radius 3 is 2.58 bits per heavy atom. The first-order chi connectivity index (χ1) is 11.6. The number of ether oxygens (including phenoxy) is 1. The van der Waals surface area contributed by atoms with Crippen molar-refractivity contribution in [3.63, 3.8) is 0 Å². The van der Waals surface area contributed by atoms with Gasteiger partial charge in [-0.3, -0.25) is 9.20 Å². The van der Waals surface area contributed by atoms with E-state index in [-0.39, 0.29) is 5.91 Å². The zero-order valence-corrected chi connectivity index (χ0v) is 14.6. The number of anilines is 1. The van der Waals surface area contributed by atoms with E-state index in [1.54, 1.807) is 48.0 Å². The number of nitrogens with one attached hydrogen (secondary N) is 1. The van der Waals surface area contributed by atoms with Crippen LogP contribution in [0.2, 0.25) is 10.0 Å². The molecule has 3 rings (SSSR count). The molecule has 5 nitrogen and oxygen atoms in total. The number of para-hydroxylation sites is 1. The van der Waals surface area contributed by atoms with Gasteiger partial charge in [-0.2, -0.15) is 0 Å². The summed E-state index contributed by atoms with van der Waals surface area (Å²) in [6, 6.07) is 8.65. The van der Waals surface area contributed by atoms with Crippen molar-refractivity contribution < 1.29 is 9.53 Å². The molecular formula is C17H15Cl2N3O2. The number of nitrogens with zero attached hydrogens (tertiary/aromatic N) is 2. The predicted molar refractivity (Wildman–Crippen MR) is 95.5 cm³/mol. The number of rotatable bonds is 4. The molecule has 7 heteroatoms. The second-order valence-electron chi connectivity index (χ2n) is 5.08. The van der Waals surface area contributed by atoms with Crippen molar-refractivity contribution in [2.24, 2.45) is 0 Å². The molecule has 1 aromatic carbocycles. The zero-order valence-electron chi connectivity index (χ0n) is 13.1. The number of aryl methyl sites for hydroxylation is 1. The van der Waals surface area contributed by atoms with Gasteiger partial charge in [0.2, 0.25) is 0 Å². The lowest BCUT2D eigenvalue weighted by Gasteiger charge is -2.10.